The minimum atomic E-state index is 0.109. The van der Waals surface area contributed by atoms with E-state index in [-0.39, 0.29) is 5.91 Å². The number of carbonyl (C=O) groups excluding carboxylic acids is 1. The molecule has 7 heteroatoms. The van der Waals surface area contributed by atoms with E-state index >= 15 is 0 Å². The van der Waals surface area contributed by atoms with Crippen LogP contribution in [0.15, 0.2) is 84.1 Å². The Kier molecular flexibility index (Phi) is 5.50. The number of benzene rings is 2. The Hall–Kier alpha value is -3.45. The summed E-state index contributed by atoms with van der Waals surface area (Å²) in [5.74, 6) is 0.457. The molecule has 1 aliphatic rings. The molecule has 4 aromatic rings. The second-order valence-corrected chi connectivity index (χ2v) is 8.32. The van der Waals surface area contributed by atoms with E-state index in [0.717, 1.165) is 47.0 Å². The van der Waals surface area contributed by atoms with Crippen LogP contribution in [-0.2, 0) is 11.2 Å². The zero-order valence-corrected chi connectivity index (χ0v) is 17.7. The lowest BCUT2D eigenvalue weighted by atomic mass is 10.0. The largest absolute Gasteiger partial charge is 0.311 e. The standard InChI is InChI=1S/C24H21N5OS/c30-24(28-15-3-6-19-5-1-2-7-22(19)28)17-31-23-13-12-21(26-27-23)18-8-10-20(11-9-18)29-16-4-14-25-29/h1-2,4-5,7-14,16H,3,6,15,17H2. The molecule has 31 heavy (non-hydrogen) atoms. The number of aromatic nitrogens is 4. The first-order valence-corrected chi connectivity index (χ1v) is 11.2. The van der Waals surface area contributed by atoms with E-state index in [4.69, 9.17) is 0 Å². The van der Waals surface area contributed by atoms with Gasteiger partial charge in [0.1, 0.15) is 5.03 Å². The molecular formula is C24H21N5OS. The predicted octanol–water partition coefficient (Wildman–Crippen LogP) is 4.40. The average molecular weight is 428 g/mol. The summed E-state index contributed by atoms with van der Waals surface area (Å²) >= 11 is 1.43. The fraction of sp³-hybridized carbons (Fsp3) is 0.167. The van der Waals surface area contributed by atoms with Gasteiger partial charge in [0.05, 0.1) is 17.1 Å². The average Bonchev–Trinajstić information content (AvgIpc) is 3.38. The van der Waals surface area contributed by atoms with E-state index < -0.39 is 0 Å². The van der Waals surface area contributed by atoms with Crippen molar-refractivity contribution in [3.63, 3.8) is 0 Å². The van der Waals surface area contributed by atoms with Crippen molar-refractivity contribution < 1.29 is 4.79 Å². The van der Waals surface area contributed by atoms with Gasteiger partial charge in [-0.25, -0.2) is 4.68 Å². The lowest BCUT2D eigenvalue weighted by Gasteiger charge is -2.29. The summed E-state index contributed by atoms with van der Waals surface area (Å²) in [5.41, 5.74) is 5.06. The zero-order chi connectivity index (χ0) is 21.0. The fourth-order valence-corrected chi connectivity index (χ4v) is 4.45. The van der Waals surface area contributed by atoms with Crippen molar-refractivity contribution in [1.29, 1.82) is 0 Å². The number of fused-ring (bicyclic) bond motifs is 1. The Morgan fingerprint density at radius 3 is 2.61 bits per heavy atom. The van der Waals surface area contributed by atoms with Crippen LogP contribution in [0.3, 0.4) is 0 Å². The summed E-state index contributed by atoms with van der Waals surface area (Å²) in [4.78, 5) is 14.7. The second kappa shape index (κ2) is 8.73. The van der Waals surface area contributed by atoms with E-state index in [2.05, 4.69) is 21.4 Å². The first kappa shape index (κ1) is 19.5. The summed E-state index contributed by atoms with van der Waals surface area (Å²) in [6, 6.07) is 21.9. The summed E-state index contributed by atoms with van der Waals surface area (Å²) < 4.78 is 1.81. The Balaban J connectivity index is 1.22. The quantitative estimate of drug-likeness (QED) is 0.442. The third-order valence-corrected chi connectivity index (χ3v) is 6.23. The number of hydrogen-bond donors (Lipinski definition) is 0. The molecule has 0 spiro atoms. The Bertz CT molecular complexity index is 1170. The molecule has 0 radical (unpaired) electrons. The molecule has 0 N–H and O–H groups in total. The second-order valence-electron chi connectivity index (χ2n) is 7.32. The highest BCUT2D eigenvalue weighted by molar-refractivity contribution is 7.99. The SMILES string of the molecule is O=C(CSc1ccc(-c2ccc(-n3cccn3)cc2)nn1)N1CCCc2ccccc21. The van der Waals surface area contributed by atoms with Gasteiger partial charge in [-0.2, -0.15) is 5.10 Å². The fourth-order valence-electron chi connectivity index (χ4n) is 3.76. The third kappa shape index (κ3) is 4.22. The zero-order valence-electron chi connectivity index (χ0n) is 16.9. The Morgan fingerprint density at radius 2 is 1.84 bits per heavy atom. The first-order chi connectivity index (χ1) is 15.3. The number of thioether (sulfide) groups is 1. The van der Waals surface area contributed by atoms with Crippen LogP contribution < -0.4 is 4.90 Å². The normalized spacial score (nSPS) is 13.1. The summed E-state index contributed by atoms with van der Waals surface area (Å²) in [6.07, 6.45) is 5.69. The van der Waals surface area contributed by atoms with Crippen LogP contribution in [0, 0.1) is 0 Å². The van der Waals surface area contributed by atoms with Crippen LogP contribution >= 0.6 is 11.8 Å². The Labute approximate surface area is 184 Å². The van der Waals surface area contributed by atoms with E-state index in [9.17, 15) is 4.79 Å². The van der Waals surface area contributed by atoms with Crippen molar-refractivity contribution in [1.82, 2.24) is 20.0 Å². The van der Waals surface area contributed by atoms with Gasteiger partial charge in [0.15, 0.2) is 0 Å². The van der Waals surface area contributed by atoms with Crippen molar-refractivity contribution >= 4 is 23.4 Å². The number of para-hydroxylation sites is 1. The van der Waals surface area contributed by atoms with E-state index in [1.807, 2.05) is 76.4 Å². The highest BCUT2D eigenvalue weighted by Gasteiger charge is 2.22. The summed E-state index contributed by atoms with van der Waals surface area (Å²) in [7, 11) is 0. The van der Waals surface area contributed by atoms with Crippen LogP contribution in [0.2, 0.25) is 0 Å². The number of aryl methyl sites for hydroxylation is 1. The molecule has 1 aliphatic heterocycles. The molecule has 3 heterocycles. The minimum absolute atomic E-state index is 0.109. The van der Waals surface area contributed by atoms with E-state index in [0.29, 0.717) is 5.75 Å². The summed E-state index contributed by atoms with van der Waals surface area (Å²) in [5, 5.41) is 13.6. The van der Waals surface area contributed by atoms with Crippen molar-refractivity contribution in [2.75, 3.05) is 17.2 Å². The number of rotatable bonds is 5. The number of anilines is 1. The van der Waals surface area contributed by atoms with Crippen LogP contribution in [0.25, 0.3) is 16.9 Å². The molecule has 0 atom stereocenters. The molecule has 154 valence electrons. The van der Waals surface area contributed by atoms with Crippen LogP contribution in [0.1, 0.15) is 12.0 Å². The molecule has 0 aliphatic carbocycles. The maximum absolute atomic E-state index is 12.8. The number of nitrogens with zero attached hydrogens (tertiary/aromatic N) is 5. The van der Waals surface area contributed by atoms with Gasteiger partial charge in [0, 0.05) is 30.2 Å². The molecular weight excluding hydrogens is 406 g/mol. The molecule has 0 fully saturated rings. The van der Waals surface area contributed by atoms with Gasteiger partial charge >= 0.3 is 0 Å². The predicted molar refractivity (Wildman–Crippen MR) is 122 cm³/mol. The monoisotopic (exact) mass is 427 g/mol. The van der Waals surface area contributed by atoms with Gasteiger partial charge in [0.25, 0.3) is 0 Å². The molecule has 0 unspecified atom stereocenters. The van der Waals surface area contributed by atoms with Crippen LogP contribution in [0.4, 0.5) is 5.69 Å². The molecule has 6 nitrogen and oxygen atoms in total. The number of amides is 1. The highest BCUT2D eigenvalue weighted by atomic mass is 32.2. The molecule has 5 rings (SSSR count). The number of carbonyl (C=O) groups is 1. The van der Waals surface area contributed by atoms with Crippen molar-refractivity contribution in [2.24, 2.45) is 0 Å². The van der Waals surface area contributed by atoms with Gasteiger partial charge < -0.3 is 4.90 Å². The van der Waals surface area contributed by atoms with Gasteiger partial charge in [-0.1, -0.05) is 42.1 Å². The van der Waals surface area contributed by atoms with Crippen molar-refractivity contribution in [3.8, 4) is 16.9 Å². The summed E-state index contributed by atoms with van der Waals surface area (Å²) in [6.45, 7) is 0.773. The maximum Gasteiger partial charge on any atom is 0.237 e. The molecule has 1 amide bonds. The molecule has 2 aromatic carbocycles. The van der Waals surface area contributed by atoms with Gasteiger partial charge in [-0.05, 0) is 54.8 Å². The van der Waals surface area contributed by atoms with Gasteiger partial charge in [0.2, 0.25) is 5.91 Å². The van der Waals surface area contributed by atoms with E-state index in [1.54, 1.807) is 6.20 Å². The van der Waals surface area contributed by atoms with Crippen molar-refractivity contribution in [3.05, 3.63) is 84.7 Å². The van der Waals surface area contributed by atoms with Gasteiger partial charge in [-0.3, -0.25) is 4.79 Å². The molecule has 0 bridgehead atoms. The maximum atomic E-state index is 12.8. The smallest absolute Gasteiger partial charge is 0.237 e. The molecule has 2 aromatic heterocycles. The van der Waals surface area contributed by atoms with Crippen LogP contribution in [0.5, 0.6) is 0 Å². The third-order valence-electron chi connectivity index (χ3n) is 5.33. The first-order valence-electron chi connectivity index (χ1n) is 10.2. The van der Waals surface area contributed by atoms with Gasteiger partial charge in [-0.15, -0.1) is 10.2 Å². The van der Waals surface area contributed by atoms with Crippen molar-refractivity contribution in [2.45, 2.75) is 17.9 Å². The topological polar surface area (TPSA) is 63.9 Å². The molecule has 0 saturated heterocycles. The van der Waals surface area contributed by atoms with E-state index in [1.165, 1.54) is 17.3 Å². The lowest BCUT2D eigenvalue weighted by molar-refractivity contribution is -0.116. The number of hydrogen-bond acceptors (Lipinski definition) is 5. The molecule has 0 saturated carbocycles. The lowest BCUT2D eigenvalue weighted by Crippen LogP contribution is -2.36. The highest BCUT2D eigenvalue weighted by Crippen LogP contribution is 2.28. The van der Waals surface area contributed by atoms with Crippen LogP contribution in [-0.4, -0.2) is 38.2 Å². The minimum Gasteiger partial charge on any atom is -0.311 e. The Morgan fingerprint density at radius 1 is 0.968 bits per heavy atom.